The molecule has 2 atom stereocenters. The Bertz CT molecular complexity index is 504. The molecule has 0 radical (unpaired) electrons. The van der Waals surface area contributed by atoms with Crippen LogP contribution < -0.4 is 11.5 Å². The van der Waals surface area contributed by atoms with E-state index < -0.39 is 34.8 Å². The van der Waals surface area contributed by atoms with Crippen LogP contribution in [0.4, 0.5) is 0 Å². The molecule has 7 N–H and O–H groups in total. The van der Waals surface area contributed by atoms with Crippen LogP contribution in [0.5, 0.6) is 0 Å². The topological polar surface area (TPSA) is 176 Å². The zero-order chi connectivity index (χ0) is 17.7. The second-order valence-electron chi connectivity index (χ2n) is 5.67. The molecule has 0 aliphatic carbocycles. The molecule has 12 heteroatoms. The molecule has 1 aliphatic rings. The predicted octanol–water partition coefficient (Wildman–Crippen LogP) is -2.44. The van der Waals surface area contributed by atoms with Crippen molar-refractivity contribution in [2.24, 2.45) is 17.4 Å². The van der Waals surface area contributed by atoms with Crippen molar-refractivity contribution in [3.8, 4) is 0 Å². The fourth-order valence-electron chi connectivity index (χ4n) is 2.52. The molecule has 1 rings (SSSR count). The van der Waals surface area contributed by atoms with E-state index in [9.17, 15) is 18.3 Å². The van der Waals surface area contributed by atoms with Gasteiger partial charge in [0.25, 0.3) is 0 Å². The number of carboxylic acid groups (broad SMARTS) is 1. The summed E-state index contributed by atoms with van der Waals surface area (Å²) >= 11 is 0. The van der Waals surface area contributed by atoms with Crippen molar-refractivity contribution in [3.05, 3.63) is 0 Å². The number of hydrogen-bond acceptors (Lipinski definition) is 8. The summed E-state index contributed by atoms with van der Waals surface area (Å²) in [5.41, 5.74) is 9.44. The van der Waals surface area contributed by atoms with Gasteiger partial charge in [0.15, 0.2) is 0 Å². The first-order valence-electron chi connectivity index (χ1n) is 7.36. The first kappa shape index (κ1) is 20.3. The molecule has 1 saturated heterocycles. The van der Waals surface area contributed by atoms with Crippen LogP contribution in [0.25, 0.3) is 0 Å². The highest BCUT2D eigenvalue weighted by molar-refractivity contribution is 7.84. The van der Waals surface area contributed by atoms with Crippen molar-refractivity contribution in [1.82, 2.24) is 4.31 Å². The quantitative estimate of drug-likeness (QED) is 0.211. The van der Waals surface area contributed by atoms with Crippen LogP contribution >= 0.6 is 0 Å². The molecule has 10 nitrogen and oxygen atoms in total. The van der Waals surface area contributed by atoms with Crippen LogP contribution in [0, 0.1) is 5.92 Å². The summed E-state index contributed by atoms with van der Waals surface area (Å²) in [6.07, 6.45) is 0.995. The van der Waals surface area contributed by atoms with Gasteiger partial charge in [0.2, 0.25) is 0 Å². The minimum absolute atomic E-state index is 0.0615. The summed E-state index contributed by atoms with van der Waals surface area (Å²) in [4.78, 5) is 11.5. The van der Waals surface area contributed by atoms with Crippen molar-refractivity contribution in [3.63, 3.8) is 0 Å². The molecule has 0 bridgehead atoms. The van der Waals surface area contributed by atoms with Gasteiger partial charge in [-0.15, -0.1) is 0 Å². The third kappa shape index (κ3) is 5.38. The average molecular weight is 353 g/mol. The maximum Gasteiger partial charge on any atom is 0.451 e. The highest BCUT2D eigenvalue weighted by Crippen LogP contribution is 2.32. The van der Waals surface area contributed by atoms with Gasteiger partial charge in [-0.1, -0.05) is 6.42 Å². The Morgan fingerprint density at radius 2 is 2.04 bits per heavy atom. The van der Waals surface area contributed by atoms with Crippen molar-refractivity contribution in [2.75, 3.05) is 26.2 Å². The van der Waals surface area contributed by atoms with E-state index in [1.165, 1.54) is 0 Å². The lowest BCUT2D eigenvalue weighted by atomic mass is 9.78. The Labute approximate surface area is 135 Å². The van der Waals surface area contributed by atoms with E-state index in [1.807, 2.05) is 0 Å². The summed E-state index contributed by atoms with van der Waals surface area (Å²) in [6, 6.07) is 0. The first-order chi connectivity index (χ1) is 10.6. The summed E-state index contributed by atoms with van der Waals surface area (Å²) < 4.78 is 29.9. The summed E-state index contributed by atoms with van der Waals surface area (Å²) in [6.45, 7) is -0.284. The largest absolute Gasteiger partial charge is 0.480 e. The zero-order valence-corrected chi connectivity index (χ0v) is 13.6. The average Bonchev–Trinajstić information content (AvgIpc) is 2.78. The van der Waals surface area contributed by atoms with E-state index >= 15 is 0 Å². The van der Waals surface area contributed by atoms with Gasteiger partial charge in [0.05, 0.1) is 6.61 Å². The summed E-state index contributed by atoms with van der Waals surface area (Å²) in [5, 5.41) is 27.0. The lowest BCUT2D eigenvalue weighted by molar-refractivity contribution is -0.144. The van der Waals surface area contributed by atoms with Crippen LogP contribution in [-0.2, 0) is 19.3 Å². The molecule has 1 fully saturated rings. The Hall–Kier alpha value is -0.755. The second-order valence-corrected chi connectivity index (χ2v) is 7.28. The molecule has 0 spiro atoms. The standard InChI is InChI=1S/C11H24BN3O7S/c13-5-2-6-22-23(20,21)15-7-9(3-1-4-12(18)19)11(14,8-15)10(16)17/h9,18-19H,1-8,13-14H2,(H,16,17)/t9-,11-/m0/s1. The van der Waals surface area contributed by atoms with Crippen molar-refractivity contribution in [1.29, 1.82) is 0 Å². The number of aliphatic carboxylic acids is 1. The molecule has 0 saturated carbocycles. The molecule has 134 valence electrons. The van der Waals surface area contributed by atoms with Gasteiger partial charge in [-0.2, -0.15) is 12.7 Å². The van der Waals surface area contributed by atoms with Gasteiger partial charge < -0.3 is 26.6 Å². The van der Waals surface area contributed by atoms with Crippen molar-refractivity contribution in [2.45, 2.75) is 31.1 Å². The van der Waals surface area contributed by atoms with Crippen molar-refractivity contribution < 1.29 is 32.5 Å². The lowest BCUT2D eigenvalue weighted by Gasteiger charge is -2.25. The summed E-state index contributed by atoms with van der Waals surface area (Å²) in [7, 11) is -5.57. The van der Waals surface area contributed by atoms with Crippen LogP contribution in [-0.4, -0.2) is 72.7 Å². The van der Waals surface area contributed by atoms with E-state index in [0.29, 0.717) is 12.8 Å². The number of nitrogens with zero attached hydrogens (tertiary/aromatic N) is 1. The Morgan fingerprint density at radius 3 is 2.57 bits per heavy atom. The molecular formula is C11H24BN3O7S. The fraction of sp³-hybridized carbons (Fsp3) is 0.909. The SMILES string of the molecule is NCCCOS(=O)(=O)N1C[C@H](CCCB(O)O)[C@](N)(C(=O)O)C1. The molecule has 0 amide bonds. The van der Waals surface area contributed by atoms with Crippen LogP contribution in [0.3, 0.4) is 0 Å². The third-order valence-electron chi connectivity index (χ3n) is 3.90. The molecule has 0 aromatic carbocycles. The van der Waals surface area contributed by atoms with Gasteiger partial charge >= 0.3 is 23.4 Å². The van der Waals surface area contributed by atoms with E-state index in [1.54, 1.807) is 0 Å². The van der Waals surface area contributed by atoms with Crippen LogP contribution in [0.2, 0.25) is 6.32 Å². The maximum atomic E-state index is 12.1. The van der Waals surface area contributed by atoms with Gasteiger partial charge in [-0.25, -0.2) is 0 Å². The molecule has 23 heavy (non-hydrogen) atoms. The minimum Gasteiger partial charge on any atom is -0.480 e. The molecule has 0 aromatic rings. The van der Waals surface area contributed by atoms with E-state index in [2.05, 4.69) is 0 Å². The maximum absolute atomic E-state index is 12.1. The van der Waals surface area contributed by atoms with E-state index in [4.69, 9.17) is 25.7 Å². The summed E-state index contributed by atoms with van der Waals surface area (Å²) in [5.74, 6) is -1.95. The van der Waals surface area contributed by atoms with E-state index in [0.717, 1.165) is 4.31 Å². The highest BCUT2D eigenvalue weighted by Gasteiger charge is 2.52. The fourth-order valence-corrected chi connectivity index (χ4v) is 3.74. The molecule has 0 unspecified atom stereocenters. The van der Waals surface area contributed by atoms with Crippen LogP contribution in [0.15, 0.2) is 0 Å². The lowest BCUT2D eigenvalue weighted by Crippen LogP contribution is -2.55. The predicted molar refractivity (Wildman–Crippen MR) is 82.4 cm³/mol. The molecule has 1 heterocycles. The first-order valence-corrected chi connectivity index (χ1v) is 8.73. The van der Waals surface area contributed by atoms with Gasteiger partial charge in [-0.3, -0.25) is 8.98 Å². The monoisotopic (exact) mass is 353 g/mol. The van der Waals surface area contributed by atoms with Gasteiger partial charge in [-0.05, 0) is 25.7 Å². The second kappa shape index (κ2) is 8.37. The highest BCUT2D eigenvalue weighted by atomic mass is 32.2. The van der Waals surface area contributed by atoms with Crippen LogP contribution in [0.1, 0.15) is 19.3 Å². The van der Waals surface area contributed by atoms with Gasteiger partial charge in [0.1, 0.15) is 5.54 Å². The number of rotatable bonds is 10. The van der Waals surface area contributed by atoms with Gasteiger partial charge in [0, 0.05) is 19.0 Å². The number of carbonyl (C=O) groups is 1. The third-order valence-corrected chi connectivity index (χ3v) is 5.28. The minimum atomic E-state index is -4.08. The smallest absolute Gasteiger partial charge is 0.451 e. The Balaban J connectivity index is 2.77. The van der Waals surface area contributed by atoms with Crippen molar-refractivity contribution >= 4 is 23.4 Å². The zero-order valence-electron chi connectivity index (χ0n) is 12.8. The molecular weight excluding hydrogens is 329 g/mol. The Kier molecular flexibility index (Phi) is 7.39. The normalized spacial score (nSPS) is 25.7. The molecule has 1 aliphatic heterocycles. The number of nitrogens with two attached hydrogens (primary N) is 2. The number of hydrogen-bond donors (Lipinski definition) is 5. The molecule has 0 aromatic heterocycles. The Morgan fingerprint density at radius 1 is 1.39 bits per heavy atom. The number of carboxylic acids is 1. The van der Waals surface area contributed by atoms with E-state index in [-0.39, 0.29) is 39.0 Å².